The third kappa shape index (κ3) is 1.60. The molecule has 2 fully saturated rings. The maximum atomic E-state index is 11.4. The molecule has 2 unspecified atom stereocenters. The molecule has 86 valence electrons. The van der Waals surface area contributed by atoms with E-state index >= 15 is 0 Å². The number of anilines is 1. The Balaban J connectivity index is 1.92. The van der Waals surface area contributed by atoms with Gasteiger partial charge in [0.25, 0.3) is 5.56 Å². The second-order valence-corrected chi connectivity index (χ2v) is 4.61. The Bertz CT molecular complexity index is 450. The summed E-state index contributed by atoms with van der Waals surface area (Å²) in [5, 5.41) is 0.170. The number of aromatic nitrogens is 2. The second-order valence-electron chi connectivity index (χ2n) is 4.23. The standard InChI is InChI=1S/C10H12ClN3O2/c11-8-9(12-5-13-10(8)15)14-3-6-1-2-7(4-14)16-6/h5-7H,1-4H2,(H,12,13,15). The van der Waals surface area contributed by atoms with Crippen LogP contribution in [0.4, 0.5) is 5.82 Å². The molecule has 2 bridgehead atoms. The van der Waals surface area contributed by atoms with Crippen molar-refractivity contribution < 1.29 is 4.74 Å². The van der Waals surface area contributed by atoms with Crippen LogP contribution in [0.5, 0.6) is 0 Å². The van der Waals surface area contributed by atoms with Gasteiger partial charge in [0.2, 0.25) is 0 Å². The van der Waals surface area contributed by atoms with Gasteiger partial charge in [0, 0.05) is 13.1 Å². The van der Waals surface area contributed by atoms with E-state index in [2.05, 4.69) is 9.97 Å². The maximum absolute atomic E-state index is 11.4. The van der Waals surface area contributed by atoms with Crippen molar-refractivity contribution in [2.75, 3.05) is 18.0 Å². The molecule has 0 spiro atoms. The van der Waals surface area contributed by atoms with Crippen molar-refractivity contribution in [2.24, 2.45) is 0 Å². The van der Waals surface area contributed by atoms with E-state index in [9.17, 15) is 4.79 Å². The fraction of sp³-hybridized carbons (Fsp3) is 0.600. The highest BCUT2D eigenvalue weighted by Gasteiger charge is 2.35. The first-order valence-electron chi connectivity index (χ1n) is 5.37. The largest absolute Gasteiger partial charge is 0.371 e. The summed E-state index contributed by atoms with van der Waals surface area (Å²) in [6, 6.07) is 0. The van der Waals surface area contributed by atoms with Gasteiger partial charge in [-0.25, -0.2) is 4.98 Å². The second kappa shape index (κ2) is 3.75. The zero-order valence-corrected chi connectivity index (χ0v) is 9.41. The summed E-state index contributed by atoms with van der Waals surface area (Å²) in [5.41, 5.74) is -0.287. The van der Waals surface area contributed by atoms with E-state index < -0.39 is 0 Å². The zero-order valence-electron chi connectivity index (χ0n) is 8.65. The normalized spacial score (nSPS) is 28.4. The van der Waals surface area contributed by atoms with Gasteiger partial charge in [-0.2, -0.15) is 0 Å². The van der Waals surface area contributed by atoms with Crippen LogP contribution in [0.3, 0.4) is 0 Å². The number of aromatic amines is 1. The van der Waals surface area contributed by atoms with E-state index in [1.807, 2.05) is 4.90 Å². The van der Waals surface area contributed by atoms with Crippen molar-refractivity contribution in [1.82, 2.24) is 9.97 Å². The zero-order chi connectivity index (χ0) is 11.1. The molecule has 16 heavy (non-hydrogen) atoms. The Morgan fingerprint density at radius 3 is 2.81 bits per heavy atom. The Morgan fingerprint density at radius 1 is 1.44 bits per heavy atom. The SMILES string of the molecule is O=c1[nH]cnc(N2CC3CCC(C2)O3)c1Cl. The molecule has 0 radical (unpaired) electrons. The number of hydrogen-bond donors (Lipinski definition) is 1. The van der Waals surface area contributed by atoms with Gasteiger partial charge in [-0.15, -0.1) is 0 Å². The number of rotatable bonds is 1. The Kier molecular flexibility index (Phi) is 2.37. The molecule has 0 amide bonds. The van der Waals surface area contributed by atoms with Gasteiger partial charge in [0.15, 0.2) is 5.82 Å². The summed E-state index contributed by atoms with van der Waals surface area (Å²) in [7, 11) is 0. The molecule has 0 saturated carbocycles. The van der Waals surface area contributed by atoms with Crippen LogP contribution in [0.15, 0.2) is 11.1 Å². The predicted octanol–water partition coefficient (Wildman–Crippen LogP) is 0.791. The summed E-state index contributed by atoms with van der Waals surface area (Å²) in [6.07, 6.45) is 4.08. The molecular weight excluding hydrogens is 230 g/mol. The van der Waals surface area contributed by atoms with Crippen LogP contribution in [0, 0.1) is 0 Å². The number of fused-ring (bicyclic) bond motifs is 2. The first-order chi connectivity index (χ1) is 7.74. The first kappa shape index (κ1) is 10.1. The highest BCUT2D eigenvalue weighted by Crippen LogP contribution is 2.30. The van der Waals surface area contributed by atoms with E-state index in [1.54, 1.807) is 0 Å². The quantitative estimate of drug-likeness (QED) is 0.790. The third-order valence-electron chi connectivity index (χ3n) is 3.12. The number of nitrogens with zero attached hydrogens (tertiary/aromatic N) is 2. The summed E-state index contributed by atoms with van der Waals surface area (Å²) in [4.78, 5) is 20.0. The molecule has 2 aliphatic heterocycles. The average molecular weight is 242 g/mol. The summed E-state index contributed by atoms with van der Waals surface area (Å²) < 4.78 is 5.72. The van der Waals surface area contributed by atoms with Crippen LogP contribution in [0.1, 0.15) is 12.8 Å². The predicted molar refractivity (Wildman–Crippen MR) is 60.0 cm³/mol. The molecule has 3 heterocycles. The van der Waals surface area contributed by atoms with Gasteiger partial charge in [-0.1, -0.05) is 11.6 Å². The van der Waals surface area contributed by atoms with Gasteiger partial charge in [0.05, 0.1) is 18.5 Å². The monoisotopic (exact) mass is 241 g/mol. The molecule has 1 aromatic heterocycles. The minimum Gasteiger partial charge on any atom is -0.371 e. The van der Waals surface area contributed by atoms with Gasteiger partial charge < -0.3 is 14.6 Å². The maximum Gasteiger partial charge on any atom is 0.271 e. The number of hydrogen-bond acceptors (Lipinski definition) is 4. The van der Waals surface area contributed by atoms with Gasteiger partial charge in [-0.05, 0) is 12.8 Å². The topological polar surface area (TPSA) is 58.2 Å². The van der Waals surface area contributed by atoms with Crippen molar-refractivity contribution in [3.05, 3.63) is 21.7 Å². The van der Waals surface area contributed by atoms with Crippen molar-refractivity contribution >= 4 is 17.4 Å². The first-order valence-corrected chi connectivity index (χ1v) is 5.75. The molecule has 5 nitrogen and oxygen atoms in total. The number of ether oxygens (including phenoxy) is 1. The molecule has 2 atom stereocenters. The molecule has 1 aromatic rings. The number of halogens is 1. The lowest BCUT2D eigenvalue weighted by atomic mass is 10.2. The molecule has 0 aliphatic carbocycles. The van der Waals surface area contributed by atoms with Crippen molar-refractivity contribution in [2.45, 2.75) is 25.0 Å². The Labute approximate surface area is 97.4 Å². The number of H-pyrrole nitrogens is 1. The smallest absolute Gasteiger partial charge is 0.271 e. The number of nitrogens with one attached hydrogen (secondary N) is 1. The number of morpholine rings is 1. The lowest BCUT2D eigenvalue weighted by Crippen LogP contribution is -2.43. The van der Waals surface area contributed by atoms with Crippen LogP contribution in [0.25, 0.3) is 0 Å². The van der Waals surface area contributed by atoms with Crippen molar-refractivity contribution in [3.63, 3.8) is 0 Å². The fourth-order valence-corrected chi connectivity index (χ4v) is 2.60. The van der Waals surface area contributed by atoms with Gasteiger partial charge >= 0.3 is 0 Å². The van der Waals surface area contributed by atoms with E-state index in [0.29, 0.717) is 5.82 Å². The highest BCUT2D eigenvalue weighted by atomic mass is 35.5. The molecule has 1 N–H and O–H groups in total. The lowest BCUT2D eigenvalue weighted by molar-refractivity contribution is 0.0302. The molecule has 3 rings (SSSR count). The van der Waals surface area contributed by atoms with E-state index in [4.69, 9.17) is 16.3 Å². The molecule has 2 saturated heterocycles. The minimum absolute atomic E-state index is 0.170. The van der Waals surface area contributed by atoms with Crippen LogP contribution in [0.2, 0.25) is 5.02 Å². The summed E-state index contributed by atoms with van der Waals surface area (Å²) >= 11 is 5.95. The Hall–Kier alpha value is -1.07. The lowest BCUT2D eigenvalue weighted by Gasteiger charge is -2.33. The van der Waals surface area contributed by atoms with Gasteiger partial charge in [0.1, 0.15) is 5.02 Å². The van der Waals surface area contributed by atoms with E-state index in [1.165, 1.54) is 6.33 Å². The van der Waals surface area contributed by atoms with E-state index in [0.717, 1.165) is 25.9 Å². The van der Waals surface area contributed by atoms with Crippen LogP contribution < -0.4 is 10.5 Å². The Morgan fingerprint density at radius 2 is 2.12 bits per heavy atom. The molecular formula is C10H12ClN3O2. The van der Waals surface area contributed by atoms with E-state index in [-0.39, 0.29) is 22.8 Å². The summed E-state index contributed by atoms with van der Waals surface area (Å²) in [6.45, 7) is 1.54. The average Bonchev–Trinajstić information content (AvgIpc) is 2.62. The molecule has 0 aromatic carbocycles. The highest BCUT2D eigenvalue weighted by molar-refractivity contribution is 6.32. The fourth-order valence-electron chi connectivity index (χ4n) is 2.38. The minimum atomic E-state index is -0.287. The van der Waals surface area contributed by atoms with Crippen molar-refractivity contribution in [3.8, 4) is 0 Å². The molecule has 6 heteroatoms. The van der Waals surface area contributed by atoms with Gasteiger partial charge in [-0.3, -0.25) is 4.79 Å². The van der Waals surface area contributed by atoms with Crippen LogP contribution >= 0.6 is 11.6 Å². The van der Waals surface area contributed by atoms with Crippen molar-refractivity contribution in [1.29, 1.82) is 0 Å². The summed E-state index contributed by atoms with van der Waals surface area (Å²) in [5.74, 6) is 0.575. The van der Waals surface area contributed by atoms with Crippen LogP contribution in [-0.2, 0) is 4.74 Å². The molecule has 2 aliphatic rings. The van der Waals surface area contributed by atoms with Crippen LogP contribution in [-0.4, -0.2) is 35.3 Å². The third-order valence-corrected chi connectivity index (χ3v) is 3.46.